The van der Waals surface area contributed by atoms with Crippen LogP contribution in [-0.4, -0.2) is 27.0 Å². The van der Waals surface area contributed by atoms with Gasteiger partial charge in [-0.1, -0.05) is 30.3 Å². The Balaban J connectivity index is 2.76. The first-order valence-electron chi connectivity index (χ1n) is 4.53. The van der Waals surface area contributed by atoms with Crippen molar-refractivity contribution in [1.29, 1.82) is 0 Å². The SMILES string of the molecule is COCO[C@H](C(=O)OC)c1ccccc1. The molecule has 4 nitrogen and oxygen atoms in total. The minimum atomic E-state index is -0.726. The molecule has 0 aliphatic rings. The maximum absolute atomic E-state index is 11.4. The summed E-state index contributed by atoms with van der Waals surface area (Å²) in [4.78, 5) is 11.4. The van der Waals surface area contributed by atoms with Gasteiger partial charge in [-0.2, -0.15) is 0 Å². The fourth-order valence-corrected chi connectivity index (χ4v) is 1.17. The van der Waals surface area contributed by atoms with Crippen molar-refractivity contribution >= 4 is 5.97 Å². The maximum Gasteiger partial charge on any atom is 0.339 e. The van der Waals surface area contributed by atoms with Gasteiger partial charge >= 0.3 is 5.97 Å². The van der Waals surface area contributed by atoms with Gasteiger partial charge in [-0.05, 0) is 5.56 Å². The Labute approximate surface area is 88.8 Å². The summed E-state index contributed by atoms with van der Waals surface area (Å²) in [6.07, 6.45) is -0.726. The van der Waals surface area contributed by atoms with Crippen LogP contribution in [0.3, 0.4) is 0 Å². The fraction of sp³-hybridized carbons (Fsp3) is 0.364. The van der Waals surface area contributed by atoms with Crippen molar-refractivity contribution in [3.63, 3.8) is 0 Å². The molecule has 1 aromatic carbocycles. The zero-order valence-electron chi connectivity index (χ0n) is 8.80. The Kier molecular flexibility index (Phi) is 4.80. The molecule has 0 unspecified atom stereocenters. The van der Waals surface area contributed by atoms with E-state index in [1.54, 1.807) is 12.1 Å². The van der Waals surface area contributed by atoms with Gasteiger partial charge < -0.3 is 14.2 Å². The molecule has 0 spiro atoms. The lowest BCUT2D eigenvalue weighted by Gasteiger charge is -2.14. The van der Waals surface area contributed by atoms with Gasteiger partial charge in [0, 0.05) is 7.11 Å². The van der Waals surface area contributed by atoms with Crippen LogP contribution in [-0.2, 0) is 19.0 Å². The van der Waals surface area contributed by atoms with E-state index in [-0.39, 0.29) is 6.79 Å². The molecule has 1 atom stereocenters. The second kappa shape index (κ2) is 6.16. The van der Waals surface area contributed by atoms with Gasteiger partial charge in [0.15, 0.2) is 6.10 Å². The van der Waals surface area contributed by atoms with E-state index in [1.165, 1.54) is 14.2 Å². The second-order valence-corrected chi connectivity index (χ2v) is 2.89. The zero-order valence-corrected chi connectivity index (χ0v) is 8.80. The molecule has 0 heterocycles. The van der Waals surface area contributed by atoms with Crippen molar-refractivity contribution in [2.24, 2.45) is 0 Å². The van der Waals surface area contributed by atoms with Crippen LogP contribution in [0.15, 0.2) is 30.3 Å². The van der Waals surface area contributed by atoms with Crippen molar-refractivity contribution in [3.05, 3.63) is 35.9 Å². The van der Waals surface area contributed by atoms with E-state index in [2.05, 4.69) is 4.74 Å². The molecule has 0 saturated carbocycles. The largest absolute Gasteiger partial charge is 0.467 e. The average Bonchev–Trinajstić information content (AvgIpc) is 2.30. The molecule has 0 fully saturated rings. The third kappa shape index (κ3) is 3.34. The molecular formula is C11H14O4. The molecule has 1 rings (SSSR count). The van der Waals surface area contributed by atoms with E-state index >= 15 is 0 Å². The summed E-state index contributed by atoms with van der Waals surface area (Å²) in [7, 11) is 2.83. The Hall–Kier alpha value is -1.39. The summed E-state index contributed by atoms with van der Waals surface area (Å²) >= 11 is 0. The number of carbonyl (C=O) groups is 1. The third-order valence-electron chi connectivity index (χ3n) is 1.87. The molecular weight excluding hydrogens is 196 g/mol. The smallest absolute Gasteiger partial charge is 0.339 e. The van der Waals surface area contributed by atoms with Crippen LogP contribution in [0.1, 0.15) is 11.7 Å². The average molecular weight is 210 g/mol. The van der Waals surface area contributed by atoms with Crippen LogP contribution in [0.4, 0.5) is 0 Å². The summed E-state index contributed by atoms with van der Waals surface area (Å²) < 4.78 is 14.6. The van der Waals surface area contributed by atoms with Crippen molar-refractivity contribution in [1.82, 2.24) is 0 Å². The van der Waals surface area contributed by atoms with Crippen molar-refractivity contribution in [2.45, 2.75) is 6.10 Å². The molecule has 15 heavy (non-hydrogen) atoms. The minimum Gasteiger partial charge on any atom is -0.467 e. The quantitative estimate of drug-likeness (QED) is 0.546. The molecule has 1 aromatic rings. The van der Waals surface area contributed by atoms with Crippen LogP contribution in [0, 0.1) is 0 Å². The molecule has 0 saturated heterocycles. The van der Waals surface area contributed by atoms with Crippen molar-refractivity contribution in [2.75, 3.05) is 21.0 Å². The van der Waals surface area contributed by atoms with Crippen LogP contribution in [0.25, 0.3) is 0 Å². The van der Waals surface area contributed by atoms with E-state index in [0.29, 0.717) is 0 Å². The molecule has 0 aromatic heterocycles. The fourth-order valence-electron chi connectivity index (χ4n) is 1.17. The first kappa shape index (κ1) is 11.7. The highest BCUT2D eigenvalue weighted by Gasteiger charge is 2.21. The van der Waals surface area contributed by atoms with Crippen LogP contribution in [0.5, 0.6) is 0 Å². The highest BCUT2D eigenvalue weighted by atomic mass is 16.7. The van der Waals surface area contributed by atoms with Gasteiger partial charge in [0.05, 0.1) is 7.11 Å². The van der Waals surface area contributed by atoms with Gasteiger partial charge in [0.25, 0.3) is 0 Å². The minimum absolute atomic E-state index is 0.0503. The molecule has 82 valence electrons. The lowest BCUT2D eigenvalue weighted by molar-refractivity contribution is -0.163. The summed E-state index contributed by atoms with van der Waals surface area (Å²) in [5.41, 5.74) is 0.751. The lowest BCUT2D eigenvalue weighted by Crippen LogP contribution is -2.18. The number of hydrogen-bond acceptors (Lipinski definition) is 4. The number of rotatable bonds is 5. The summed E-state index contributed by atoms with van der Waals surface area (Å²) in [6.45, 7) is 0.0503. The van der Waals surface area contributed by atoms with E-state index in [9.17, 15) is 4.79 Å². The lowest BCUT2D eigenvalue weighted by atomic mass is 10.1. The number of ether oxygens (including phenoxy) is 3. The normalized spacial score (nSPS) is 12.1. The monoisotopic (exact) mass is 210 g/mol. The number of esters is 1. The molecule has 0 N–H and O–H groups in total. The third-order valence-corrected chi connectivity index (χ3v) is 1.87. The molecule has 4 heteroatoms. The highest BCUT2D eigenvalue weighted by molar-refractivity contribution is 5.76. The van der Waals surface area contributed by atoms with Crippen molar-refractivity contribution < 1.29 is 19.0 Å². The Morgan fingerprint density at radius 2 is 1.93 bits per heavy atom. The van der Waals surface area contributed by atoms with Gasteiger partial charge in [-0.3, -0.25) is 0 Å². The van der Waals surface area contributed by atoms with E-state index in [4.69, 9.17) is 9.47 Å². The summed E-state index contributed by atoms with van der Waals surface area (Å²) in [6, 6.07) is 9.14. The number of hydrogen-bond donors (Lipinski definition) is 0. The Morgan fingerprint density at radius 3 is 2.47 bits per heavy atom. The van der Waals surface area contributed by atoms with Gasteiger partial charge in [0.2, 0.25) is 0 Å². The number of benzene rings is 1. The van der Waals surface area contributed by atoms with Gasteiger partial charge in [-0.15, -0.1) is 0 Å². The van der Waals surface area contributed by atoms with E-state index < -0.39 is 12.1 Å². The number of methoxy groups -OCH3 is 2. The van der Waals surface area contributed by atoms with Crippen molar-refractivity contribution in [3.8, 4) is 0 Å². The van der Waals surface area contributed by atoms with Crippen LogP contribution >= 0.6 is 0 Å². The van der Waals surface area contributed by atoms with Crippen LogP contribution in [0.2, 0.25) is 0 Å². The van der Waals surface area contributed by atoms with E-state index in [0.717, 1.165) is 5.56 Å². The first-order chi connectivity index (χ1) is 7.29. The van der Waals surface area contributed by atoms with Gasteiger partial charge in [0.1, 0.15) is 6.79 Å². The highest BCUT2D eigenvalue weighted by Crippen LogP contribution is 2.18. The summed E-state index contributed by atoms with van der Waals surface area (Å²) in [5.74, 6) is -0.432. The standard InChI is InChI=1S/C11H14O4/c1-13-8-15-10(11(12)14-2)9-6-4-3-5-7-9/h3-7,10H,8H2,1-2H3/t10-/m0/s1. The molecule has 0 aliphatic carbocycles. The predicted molar refractivity (Wildman–Crippen MR) is 54.2 cm³/mol. The predicted octanol–water partition coefficient (Wildman–Crippen LogP) is 1.52. The second-order valence-electron chi connectivity index (χ2n) is 2.89. The first-order valence-corrected chi connectivity index (χ1v) is 4.53. The Morgan fingerprint density at radius 1 is 1.27 bits per heavy atom. The number of carbonyl (C=O) groups excluding carboxylic acids is 1. The summed E-state index contributed by atoms with van der Waals surface area (Å²) in [5, 5.41) is 0. The topological polar surface area (TPSA) is 44.8 Å². The van der Waals surface area contributed by atoms with E-state index in [1.807, 2.05) is 18.2 Å². The molecule has 0 aliphatic heterocycles. The maximum atomic E-state index is 11.4. The Bertz CT molecular complexity index is 297. The van der Waals surface area contributed by atoms with Crippen LogP contribution < -0.4 is 0 Å². The molecule has 0 bridgehead atoms. The zero-order chi connectivity index (χ0) is 11.1. The van der Waals surface area contributed by atoms with Gasteiger partial charge in [-0.25, -0.2) is 4.79 Å². The molecule has 0 radical (unpaired) electrons. The molecule has 0 amide bonds.